The molecule has 0 radical (unpaired) electrons. The molecule has 3 aromatic rings. The summed E-state index contributed by atoms with van der Waals surface area (Å²) in [7, 11) is 0. The second-order valence-corrected chi connectivity index (χ2v) is 10.4. The molecule has 1 aromatic heterocycles. The minimum atomic E-state index is -0.330. The number of urea groups is 1. The minimum absolute atomic E-state index is 0.00109. The fourth-order valence-electron chi connectivity index (χ4n) is 6.47. The number of anilines is 2. The predicted octanol–water partition coefficient (Wildman–Crippen LogP) is 4.72. The van der Waals surface area contributed by atoms with Gasteiger partial charge in [0, 0.05) is 42.3 Å². The number of nitriles is 1. The van der Waals surface area contributed by atoms with Crippen LogP contribution in [0.5, 0.6) is 0 Å². The number of hydrogen-bond donors (Lipinski definition) is 4. The highest BCUT2D eigenvalue weighted by Crippen LogP contribution is 2.51. The number of fused-ring (bicyclic) bond motifs is 3. The van der Waals surface area contributed by atoms with Crippen LogP contribution < -0.4 is 16.0 Å². The third kappa shape index (κ3) is 4.47. The van der Waals surface area contributed by atoms with Gasteiger partial charge in [-0.15, -0.1) is 0 Å². The molecule has 2 fully saturated rings. The van der Waals surface area contributed by atoms with Crippen LogP contribution in [-0.4, -0.2) is 39.4 Å². The average Bonchev–Trinajstić information content (AvgIpc) is 3.64. The van der Waals surface area contributed by atoms with E-state index in [-0.39, 0.29) is 41.9 Å². The van der Waals surface area contributed by atoms with Crippen molar-refractivity contribution >= 4 is 23.3 Å². The third-order valence-electron chi connectivity index (χ3n) is 8.23. The summed E-state index contributed by atoms with van der Waals surface area (Å²) in [5.74, 6) is 0.948. The van der Waals surface area contributed by atoms with Crippen LogP contribution in [0.1, 0.15) is 61.1 Å². The third-order valence-corrected chi connectivity index (χ3v) is 8.23. The molecule has 5 atom stereocenters. The number of para-hydroxylation sites is 1. The van der Waals surface area contributed by atoms with Crippen molar-refractivity contribution in [2.24, 2.45) is 11.8 Å². The Bertz CT molecular complexity index is 1350. The van der Waals surface area contributed by atoms with Crippen LogP contribution in [0.3, 0.4) is 0 Å². The molecule has 4 N–H and O–H groups in total. The van der Waals surface area contributed by atoms with Crippen molar-refractivity contribution in [1.82, 2.24) is 20.2 Å². The molecular formula is C29H31N7O2. The molecule has 1 saturated carbocycles. The van der Waals surface area contributed by atoms with Crippen LogP contribution in [0, 0.1) is 23.2 Å². The molecule has 2 aliphatic heterocycles. The van der Waals surface area contributed by atoms with Gasteiger partial charge in [-0.05, 0) is 55.2 Å². The number of nitrogens with zero attached hydrogens (tertiary/aromatic N) is 3. The number of imidazole rings is 1. The van der Waals surface area contributed by atoms with E-state index in [1.54, 1.807) is 30.5 Å². The molecule has 0 unspecified atom stereocenters. The molecule has 194 valence electrons. The summed E-state index contributed by atoms with van der Waals surface area (Å²) in [5, 5.41) is 18.6. The van der Waals surface area contributed by atoms with Gasteiger partial charge < -0.3 is 25.8 Å². The van der Waals surface area contributed by atoms with Crippen molar-refractivity contribution < 1.29 is 9.59 Å². The first kappa shape index (κ1) is 24.0. The number of hydrogen-bond acceptors (Lipinski definition) is 5. The molecule has 3 aliphatic rings. The number of nitrogens with one attached hydrogen (secondary N) is 4. The van der Waals surface area contributed by atoms with Crippen LogP contribution in [0.25, 0.3) is 0 Å². The predicted molar refractivity (Wildman–Crippen MR) is 143 cm³/mol. The van der Waals surface area contributed by atoms with Gasteiger partial charge in [0.1, 0.15) is 5.82 Å². The molecule has 0 bridgehead atoms. The molecule has 1 aliphatic carbocycles. The maximum atomic E-state index is 14.2. The van der Waals surface area contributed by atoms with E-state index in [1.165, 1.54) is 0 Å². The van der Waals surface area contributed by atoms with Gasteiger partial charge in [-0.2, -0.15) is 5.26 Å². The van der Waals surface area contributed by atoms with Crippen molar-refractivity contribution in [3.05, 3.63) is 77.9 Å². The molecule has 6 rings (SSSR count). The summed E-state index contributed by atoms with van der Waals surface area (Å²) in [6.07, 6.45) is 7.97. The van der Waals surface area contributed by atoms with Crippen LogP contribution in [0.2, 0.25) is 0 Å². The maximum Gasteiger partial charge on any atom is 0.319 e. The lowest BCUT2D eigenvalue weighted by molar-refractivity contribution is -0.138. The van der Waals surface area contributed by atoms with E-state index < -0.39 is 0 Å². The van der Waals surface area contributed by atoms with Crippen LogP contribution in [-0.2, 0) is 4.79 Å². The number of benzene rings is 2. The maximum absolute atomic E-state index is 14.2. The molecule has 9 heteroatoms. The summed E-state index contributed by atoms with van der Waals surface area (Å²) < 4.78 is 0. The number of aromatic nitrogens is 2. The summed E-state index contributed by atoms with van der Waals surface area (Å²) >= 11 is 0. The largest absolute Gasteiger partial charge is 0.375 e. The van der Waals surface area contributed by atoms with Gasteiger partial charge in [0.25, 0.3) is 0 Å². The quantitative estimate of drug-likeness (QED) is 0.405. The highest BCUT2D eigenvalue weighted by molar-refractivity contribution is 5.90. The Labute approximate surface area is 221 Å². The van der Waals surface area contributed by atoms with E-state index in [1.807, 2.05) is 18.3 Å². The normalized spacial score (nSPS) is 25.9. The number of H-pyrrole nitrogens is 1. The standard InChI is InChI=1S/C29H31N7O2/c30-17-18-9-11-19(12-10-18)33-29(38)35-24-8-4-2-6-21(24)28(37)36-16-13-22-25(27-31-14-15-32-27)34-23-7-3-1-5-20(23)26(22)36/h1,3,5,7,9-12,14-15,21-22,24-26,34H,2,4,6,8,13,16H2,(H,31,32)(H2,33,35,38)/t21-,22+,24+,25+,26-/m0/s1. The molecule has 3 amide bonds. The minimum Gasteiger partial charge on any atom is -0.375 e. The van der Waals surface area contributed by atoms with E-state index in [0.29, 0.717) is 17.8 Å². The molecular weight excluding hydrogens is 478 g/mol. The molecule has 38 heavy (non-hydrogen) atoms. The first-order valence-corrected chi connectivity index (χ1v) is 13.4. The van der Waals surface area contributed by atoms with Gasteiger partial charge in [0.2, 0.25) is 5.91 Å². The number of amides is 3. The Kier molecular flexibility index (Phi) is 6.46. The van der Waals surface area contributed by atoms with Gasteiger partial charge in [-0.25, -0.2) is 9.78 Å². The molecule has 1 saturated heterocycles. The lowest BCUT2D eigenvalue weighted by Crippen LogP contribution is -2.51. The zero-order valence-corrected chi connectivity index (χ0v) is 21.1. The summed E-state index contributed by atoms with van der Waals surface area (Å²) in [5.41, 5.74) is 3.32. The van der Waals surface area contributed by atoms with Gasteiger partial charge in [-0.1, -0.05) is 31.0 Å². The zero-order chi connectivity index (χ0) is 26.1. The van der Waals surface area contributed by atoms with E-state index in [9.17, 15) is 9.59 Å². The summed E-state index contributed by atoms with van der Waals surface area (Å²) in [4.78, 5) is 36.9. The Hall–Kier alpha value is -4.32. The lowest BCUT2D eigenvalue weighted by atomic mass is 9.81. The molecule has 9 nitrogen and oxygen atoms in total. The molecule has 3 heterocycles. The number of carbonyl (C=O) groups excluding carboxylic acids is 2. The van der Waals surface area contributed by atoms with Crippen molar-refractivity contribution in [2.75, 3.05) is 17.2 Å². The van der Waals surface area contributed by atoms with Crippen LogP contribution >= 0.6 is 0 Å². The van der Waals surface area contributed by atoms with Crippen molar-refractivity contribution in [1.29, 1.82) is 5.26 Å². The number of aromatic amines is 1. The van der Waals surface area contributed by atoms with E-state index in [0.717, 1.165) is 49.2 Å². The second-order valence-electron chi connectivity index (χ2n) is 10.4. The van der Waals surface area contributed by atoms with Crippen molar-refractivity contribution in [3.63, 3.8) is 0 Å². The first-order chi connectivity index (χ1) is 18.6. The van der Waals surface area contributed by atoms with E-state index in [2.05, 4.69) is 49.0 Å². The van der Waals surface area contributed by atoms with Crippen molar-refractivity contribution in [2.45, 2.75) is 50.2 Å². The fourth-order valence-corrected chi connectivity index (χ4v) is 6.47. The van der Waals surface area contributed by atoms with Gasteiger partial charge in [-0.3, -0.25) is 4.79 Å². The first-order valence-electron chi connectivity index (χ1n) is 13.4. The summed E-state index contributed by atoms with van der Waals surface area (Å²) in [6.45, 7) is 0.683. The highest BCUT2D eigenvalue weighted by atomic mass is 16.2. The number of likely N-dealkylation sites (tertiary alicyclic amines) is 1. The highest BCUT2D eigenvalue weighted by Gasteiger charge is 2.49. The Morgan fingerprint density at radius 1 is 1.05 bits per heavy atom. The summed E-state index contributed by atoms with van der Waals surface area (Å²) in [6, 6.07) is 16.5. The van der Waals surface area contributed by atoms with Crippen LogP contribution in [0.15, 0.2) is 60.9 Å². The van der Waals surface area contributed by atoms with E-state index in [4.69, 9.17) is 5.26 Å². The molecule has 0 spiro atoms. The Morgan fingerprint density at radius 3 is 2.66 bits per heavy atom. The zero-order valence-electron chi connectivity index (χ0n) is 21.1. The van der Waals surface area contributed by atoms with Crippen molar-refractivity contribution in [3.8, 4) is 6.07 Å². The topological polar surface area (TPSA) is 126 Å². The number of carbonyl (C=O) groups is 2. The smallest absolute Gasteiger partial charge is 0.319 e. The van der Waals surface area contributed by atoms with E-state index >= 15 is 0 Å². The monoisotopic (exact) mass is 509 g/mol. The van der Waals surface area contributed by atoms with Gasteiger partial charge in [0.15, 0.2) is 0 Å². The van der Waals surface area contributed by atoms with Crippen LogP contribution in [0.4, 0.5) is 16.2 Å². The Balaban J connectivity index is 1.21. The fraction of sp³-hybridized carbons (Fsp3) is 0.379. The van der Waals surface area contributed by atoms with Gasteiger partial charge >= 0.3 is 6.03 Å². The molecule has 2 aromatic carbocycles. The number of rotatable bonds is 4. The average molecular weight is 510 g/mol. The van der Waals surface area contributed by atoms with Gasteiger partial charge in [0.05, 0.1) is 29.6 Å². The lowest BCUT2D eigenvalue weighted by Gasteiger charge is -2.41. The SMILES string of the molecule is N#Cc1ccc(NC(=O)N[C@@H]2CCCC[C@@H]2C(=O)N2CC[C@@H]3[C@H](c4ncc[nH]4)Nc4ccccc4[C@@H]32)cc1. The second kappa shape index (κ2) is 10.2. The Morgan fingerprint density at radius 2 is 1.87 bits per heavy atom.